The van der Waals surface area contributed by atoms with E-state index in [0.29, 0.717) is 24.3 Å². The highest BCUT2D eigenvalue weighted by atomic mass is 32.2. The number of carbonyl (C=O) groups is 2. The van der Waals surface area contributed by atoms with Crippen LogP contribution in [0.3, 0.4) is 0 Å². The molecule has 0 N–H and O–H groups in total. The first-order valence-corrected chi connectivity index (χ1v) is 8.99. The lowest BCUT2D eigenvalue weighted by Crippen LogP contribution is -2.14. The van der Waals surface area contributed by atoms with Crippen LogP contribution < -0.4 is 9.47 Å². The number of hydrogen-bond donors (Lipinski definition) is 0. The lowest BCUT2D eigenvalue weighted by Gasteiger charge is -2.22. The van der Waals surface area contributed by atoms with E-state index in [2.05, 4.69) is 0 Å². The number of hydrogen-bond acceptors (Lipinski definition) is 6. The lowest BCUT2D eigenvalue weighted by atomic mass is 9.86. The van der Waals surface area contributed by atoms with Crippen molar-refractivity contribution in [3.63, 3.8) is 0 Å². The van der Waals surface area contributed by atoms with Crippen LogP contribution in [0.4, 0.5) is 0 Å². The predicted octanol–water partition coefficient (Wildman–Crippen LogP) is 1.36. The maximum Gasteiger partial charge on any atom is 0.308 e. The third-order valence-electron chi connectivity index (χ3n) is 3.92. The molecule has 0 aromatic heterocycles. The number of carbonyl (C=O) groups excluding carboxylic acids is 2. The number of fused-ring (bicyclic) bond motifs is 1. The molecule has 6 nitrogen and oxygen atoms in total. The van der Waals surface area contributed by atoms with Crippen molar-refractivity contribution in [2.45, 2.75) is 26.7 Å². The summed E-state index contributed by atoms with van der Waals surface area (Å²) in [6.45, 7) is 2.61. The maximum absolute atomic E-state index is 11.9. The molecule has 0 saturated carbocycles. The van der Waals surface area contributed by atoms with Gasteiger partial charge in [-0.1, -0.05) is 11.1 Å². The van der Waals surface area contributed by atoms with Gasteiger partial charge >= 0.3 is 11.9 Å². The van der Waals surface area contributed by atoms with Gasteiger partial charge in [0.15, 0.2) is 9.84 Å². The van der Waals surface area contributed by atoms with Gasteiger partial charge in [0.25, 0.3) is 0 Å². The summed E-state index contributed by atoms with van der Waals surface area (Å²) in [5, 5.41) is 0. The summed E-state index contributed by atoms with van der Waals surface area (Å²) in [7, 11) is -3.11. The molecular weight excluding hydrogens is 320 g/mol. The van der Waals surface area contributed by atoms with Crippen molar-refractivity contribution >= 4 is 21.8 Å². The van der Waals surface area contributed by atoms with Crippen molar-refractivity contribution in [3.8, 4) is 11.5 Å². The second kappa shape index (κ2) is 5.49. The van der Waals surface area contributed by atoms with Gasteiger partial charge in [-0.05, 0) is 25.0 Å². The van der Waals surface area contributed by atoms with E-state index in [1.165, 1.54) is 13.8 Å². The summed E-state index contributed by atoms with van der Waals surface area (Å²) in [5.74, 6) is -0.0472. The van der Waals surface area contributed by atoms with Gasteiger partial charge in [-0.15, -0.1) is 0 Å². The first kappa shape index (κ1) is 15.7. The zero-order chi connectivity index (χ0) is 16.8. The van der Waals surface area contributed by atoms with Crippen LogP contribution in [-0.4, -0.2) is 31.9 Å². The Labute approximate surface area is 134 Å². The Balaban J connectivity index is 2.06. The minimum Gasteiger partial charge on any atom is -0.426 e. The van der Waals surface area contributed by atoms with Crippen molar-refractivity contribution in [2.75, 3.05) is 11.5 Å². The molecule has 7 heteroatoms. The molecule has 1 aliphatic carbocycles. The fraction of sp³-hybridized carbons (Fsp3) is 0.375. The van der Waals surface area contributed by atoms with Gasteiger partial charge in [0.1, 0.15) is 11.5 Å². The number of esters is 2. The maximum atomic E-state index is 11.9. The SMILES string of the molecule is CC(=O)Oc1ccc(OC(C)=O)c2c1CC1=C(C2)CS(=O)(=O)C1. The molecule has 23 heavy (non-hydrogen) atoms. The monoisotopic (exact) mass is 336 g/mol. The largest absolute Gasteiger partial charge is 0.426 e. The van der Waals surface area contributed by atoms with Crippen LogP contribution in [0, 0.1) is 0 Å². The summed E-state index contributed by atoms with van der Waals surface area (Å²) in [6.07, 6.45) is 0.781. The molecule has 0 unspecified atom stereocenters. The Hall–Kier alpha value is -2.15. The predicted molar refractivity (Wildman–Crippen MR) is 82.1 cm³/mol. The number of ether oxygens (including phenoxy) is 2. The lowest BCUT2D eigenvalue weighted by molar-refractivity contribution is -0.133. The van der Waals surface area contributed by atoms with Gasteiger partial charge in [-0.3, -0.25) is 9.59 Å². The van der Waals surface area contributed by atoms with Crippen LogP contribution in [0.1, 0.15) is 25.0 Å². The number of benzene rings is 1. The van der Waals surface area contributed by atoms with Gasteiger partial charge in [-0.2, -0.15) is 0 Å². The second-order valence-electron chi connectivity index (χ2n) is 5.80. The van der Waals surface area contributed by atoms with E-state index in [1.54, 1.807) is 12.1 Å². The van der Waals surface area contributed by atoms with E-state index in [9.17, 15) is 18.0 Å². The average Bonchev–Trinajstić information content (AvgIpc) is 2.71. The van der Waals surface area contributed by atoms with Crippen molar-refractivity contribution in [1.82, 2.24) is 0 Å². The van der Waals surface area contributed by atoms with Crippen LogP contribution in [0.2, 0.25) is 0 Å². The van der Waals surface area contributed by atoms with Crippen molar-refractivity contribution in [1.29, 1.82) is 0 Å². The molecule has 1 aromatic carbocycles. The third-order valence-corrected chi connectivity index (χ3v) is 5.50. The summed E-state index contributed by atoms with van der Waals surface area (Å²) >= 11 is 0. The van der Waals surface area contributed by atoms with E-state index in [0.717, 1.165) is 22.3 Å². The zero-order valence-electron chi connectivity index (χ0n) is 12.8. The molecule has 122 valence electrons. The van der Waals surface area contributed by atoms with E-state index >= 15 is 0 Å². The smallest absolute Gasteiger partial charge is 0.308 e. The minimum atomic E-state index is -3.11. The summed E-state index contributed by atoms with van der Waals surface area (Å²) in [4.78, 5) is 22.6. The molecule has 1 heterocycles. The van der Waals surface area contributed by atoms with E-state index in [1.807, 2.05) is 0 Å². The van der Waals surface area contributed by atoms with Gasteiger partial charge in [0.2, 0.25) is 0 Å². The Morgan fingerprint density at radius 1 is 0.870 bits per heavy atom. The molecule has 0 saturated heterocycles. The summed E-state index contributed by atoms with van der Waals surface area (Å²) in [5.41, 5.74) is 3.14. The van der Waals surface area contributed by atoms with Crippen molar-refractivity contribution < 1.29 is 27.5 Å². The normalized spacial score (nSPS) is 18.2. The average molecular weight is 336 g/mol. The molecule has 1 aromatic rings. The highest BCUT2D eigenvalue weighted by molar-refractivity contribution is 7.92. The topological polar surface area (TPSA) is 86.7 Å². The molecule has 0 atom stereocenters. The Morgan fingerprint density at radius 2 is 1.26 bits per heavy atom. The fourth-order valence-electron chi connectivity index (χ4n) is 3.10. The van der Waals surface area contributed by atoms with Gasteiger partial charge < -0.3 is 9.47 Å². The highest BCUT2D eigenvalue weighted by Crippen LogP contribution is 2.41. The van der Waals surface area contributed by atoms with Gasteiger partial charge in [0.05, 0.1) is 11.5 Å². The molecular formula is C16H16O6S. The van der Waals surface area contributed by atoms with Crippen LogP contribution in [0.5, 0.6) is 11.5 Å². The molecule has 0 fully saturated rings. The Morgan fingerprint density at radius 3 is 1.61 bits per heavy atom. The molecule has 2 aliphatic rings. The Bertz CT molecular complexity index is 785. The Kier molecular flexibility index (Phi) is 3.75. The first-order valence-electron chi connectivity index (χ1n) is 7.17. The fourth-order valence-corrected chi connectivity index (χ4v) is 4.88. The first-order chi connectivity index (χ1) is 10.7. The molecule has 3 rings (SSSR count). The van der Waals surface area contributed by atoms with Gasteiger partial charge in [0, 0.05) is 25.0 Å². The highest BCUT2D eigenvalue weighted by Gasteiger charge is 2.33. The standard InChI is InChI=1S/C16H16O6S/c1-9(17)21-15-3-4-16(22-10(2)18)14-6-12-8-23(19,20)7-11(12)5-13(14)15/h3-4H,5-8H2,1-2H3. The summed E-state index contributed by atoms with van der Waals surface area (Å²) < 4.78 is 34.2. The molecule has 1 aliphatic heterocycles. The van der Waals surface area contributed by atoms with Crippen LogP contribution >= 0.6 is 0 Å². The molecule has 0 bridgehead atoms. The van der Waals surface area contributed by atoms with E-state index < -0.39 is 21.8 Å². The molecule has 0 amide bonds. The van der Waals surface area contributed by atoms with E-state index in [-0.39, 0.29) is 11.5 Å². The third kappa shape index (κ3) is 3.14. The quantitative estimate of drug-likeness (QED) is 0.460. The number of sulfone groups is 1. The van der Waals surface area contributed by atoms with E-state index in [4.69, 9.17) is 9.47 Å². The van der Waals surface area contributed by atoms with Gasteiger partial charge in [-0.25, -0.2) is 8.42 Å². The zero-order valence-corrected chi connectivity index (χ0v) is 13.7. The van der Waals surface area contributed by atoms with Crippen molar-refractivity contribution in [2.24, 2.45) is 0 Å². The van der Waals surface area contributed by atoms with Crippen LogP contribution in [0.15, 0.2) is 23.3 Å². The van der Waals surface area contributed by atoms with Crippen LogP contribution in [-0.2, 0) is 32.3 Å². The second-order valence-corrected chi connectivity index (χ2v) is 7.86. The molecule has 0 spiro atoms. The van der Waals surface area contributed by atoms with Crippen LogP contribution in [0.25, 0.3) is 0 Å². The van der Waals surface area contributed by atoms with Crippen molar-refractivity contribution in [3.05, 3.63) is 34.4 Å². The summed E-state index contributed by atoms with van der Waals surface area (Å²) in [6, 6.07) is 3.15. The minimum absolute atomic E-state index is 0.0408. The molecule has 0 radical (unpaired) electrons. The number of rotatable bonds is 2.